The van der Waals surface area contributed by atoms with E-state index >= 15 is 0 Å². The van der Waals surface area contributed by atoms with Crippen LogP contribution in [0.2, 0.25) is 0 Å². The molecule has 2 aromatic rings. The summed E-state index contributed by atoms with van der Waals surface area (Å²) in [5, 5.41) is 10.0. The number of unbranched alkanes of at least 4 members (excludes halogenated alkanes) is 1. The fraction of sp³-hybridized carbons (Fsp3) is 0.520. The number of hydrogen-bond acceptors (Lipinski definition) is 4. The molecule has 2 heterocycles. The maximum Gasteiger partial charge on any atom is 0.337 e. The summed E-state index contributed by atoms with van der Waals surface area (Å²) in [5.41, 5.74) is 5.41. The van der Waals surface area contributed by atoms with E-state index in [1.165, 1.54) is 5.57 Å². The van der Waals surface area contributed by atoms with Gasteiger partial charge in [0, 0.05) is 28.8 Å². The van der Waals surface area contributed by atoms with Gasteiger partial charge in [0.15, 0.2) is 6.10 Å². The zero-order valence-electron chi connectivity index (χ0n) is 18.7. The number of ether oxygens (including phenoxy) is 1. The number of carboxylic acid groups (broad SMARTS) is 1. The lowest BCUT2D eigenvalue weighted by molar-refractivity contribution is -0.151. The van der Waals surface area contributed by atoms with Gasteiger partial charge in [-0.15, -0.1) is 11.3 Å². The summed E-state index contributed by atoms with van der Waals surface area (Å²) in [6, 6.07) is 4.00. The zero-order valence-corrected chi connectivity index (χ0v) is 19.6. The second-order valence-corrected chi connectivity index (χ2v) is 10.2. The van der Waals surface area contributed by atoms with Gasteiger partial charge < -0.3 is 9.84 Å². The van der Waals surface area contributed by atoms with E-state index in [1.54, 1.807) is 11.3 Å². The van der Waals surface area contributed by atoms with Gasteiger partial charge in [-0.1, -0.05) is 39.3 Å². The van der Waals surface area contributed by atoms with Gasteiger partial charge in [0.05, 0.1) is 10.6 Å². The first kappa shape index (κ1) is 22.7. The minimum absolute atomic E-state index is 0.277. The van der Waals surface area contributed by atoms with E-state index in [-0.39, 0.29) is 5.41 Å². The molecule has 0 amide bonds. The Morgan fingerprint density at radius 3 is 2.73 bits per heavy atom. The molecule has 1 N–H and O–H groups in total. The maximum atomic E-state index is 12.2. The van der Waals surface area contributed by atoms with Crippen LogP contribution in [0.3, 0.4) is 0 Å². The Balaban J connectivity index is 2.18. The normalized spacial score (nSPS) is 16.9. The summed E-state index contributed by atoms with van der Waals surface area (Å²) in [6.45, 7) is 11.2. The van der Waals surface area contributed by atoms with E-state index < -0.39 is 12.1 Å². The fourth-order valence-corrected chi connectivity index (χ4v) is 5.29. The standard InChI is InChI=1S/C25H33NO3S/c1-6-7-15-29-22(24(27)28)19-17(3)30-23(21-16(2)9-8-14-26-21)20(19)18-10-12-25(4,5)13-11-18/h8-10,14,22H,6-7,11-13,15H2,1-5H3,(H,27,28). The molecule has 1 aliphatic rings. The molecule has 1 aliphatic carbocycles. The van der Waals surface area contributed by atoms with Gasteiger partial charge in [0.1, 0.15) is 0 Å². The van der Waals surface area contributed by atoms with Gasteiger partial charge in [-0.3, -0.25) is 4.98 Å². The van der Waals surface area contributed by atoms with Crippen LogP contribution in [0.25, 0.3) is 16.1 Å². The van der Waals surface area contributed by atoms with E-state index in [1.807, 2.05) is 19.2 Å². The SMILES string of the molecule is CCCCOC(C(=O)O)c1c(C)sc(-c2ncccc2C)c1C1=CCC(C)(C)CC1. The van der Waals surface area contributed by atoms with Crippen LogP contribution in [0.1, 0.15) is 80.5 Å². The molecule has 1 unspecified atom stereocenters. The Morgan fingerprint density at radius 1 is 1.37 bits per heavy atom. The molecule has 162 valence electrons. The van der Waals surface area contributed by atoms with Crippen molar-refractivity contribution < 1.29 is 14.6 Å². The highest BCUT2D eigenvalue weighted by Gasteiger charge is 2.33. The van der Waals surface area contributed by atoms with Crippen molar-refractivity contribution >= 4 is 22.9 Å². The lowest BCUT2D eigenvalue weighted by atomic mass is 9.76. The lowest BCUT2D eigenvalue weighted by Gasteiger charge is -2.29. The summed E-state index contributed by atoms with van der Waals surface area (Å²) >= 11 is 1.64. The highest BCUT2D eigenvalue weighted by Crippen LogP contribution is 2.48. The Morgan fingerprint density at radius 2 is 2.13 bits per heavy atom. The Bertz CT molecular complexity index is 942. The second kappa shape index (κ2) is 9.44. The van der Waals surface area contributed by atoms with E-state index in [4.69, 9.17) is 4.74 Å². The number of thiophene rings is 1. The average Bonchev–Trinajstić information content (AvgIpc) is 3.02. The third kappa shape index (κ3) is 4.84. The number of carbonyl (C=O) groups is 1. The van der Waals surface area contributed by atoms with Gasteiger partial charge in [-0.25, -0.2) is 4.79 Å². The molecule has 4 nitrogen and oxygen atoms in total. The molecule has 0 aromatic carbocycles. The van der Waals surface area contributed by atoms with E-state index in [2.05, 4.69) is 44.8 Å². The van der Waals surface area contributed by atoms with Gasteiger partial charge >= 0.3 is 5.97 Å². The molecule has 0 radical (unpaired) electrons. The molecule has 3 rings (SSSR count). The molecule has 0 bridgehead atoms. The number of carboxylic acids is 1. The minimum atomic E-state index is -0.948. The average molecular weight is 428 g/mol. The molecule has 0 aliphatic heterocycles. The van der Waals surface area contributed by atoms with Crippen LogP contribution in [0.15, 0.2) is 24.4 Å². The van der Waals surface area contributed by atoms with Gasteiger partial charge in [0.25, 0.3) is 0 Å². The van der Waals surface area contributed by atoms with Crippen molar-refractivity contribution in [3.05, 3.63) is 46.0 Å². The molecule has 5 heteroatoms. The van der Waals surface area contributed by atoms with Crippen LogP contribution < -0.4 is 0 Å². The van der Waals surface area contributed by atoms with Crippen molar-refractivity contribution in [3.8, 4) is 10.6 Å². The van der Waals surface area contributed by atoms with Crippen LogP contribution in [-0.4, -0.2) is 22.7 Å². The van der Waals surface area contributed by atoms with Gasteiger partial charge in [-0.05, 0) is 62.1 Å². The Hall–Kier alpha value is -1.98. The fourth-order valence-electron chi connectivity index (χ4n) is 4.01. The number of nitrogens with zero attached hydrogens (tertiary/aromatic N) is 1. The Labute approximate surface area is 184 Å². The Kier molecular flexibility index (Phi) is 7.14. The summed E-state index contributed by atoms with van der Waals surface area (Å²) in [6.07, 6.45) is 8.01. The number of aliphatic carboxylic acids is 1. The number of aromatic nitrogens is 1. The van der Waals surface area contributed by atoms with E-state index in [0.717, 1.165) is 64.2 Å². The van der Waals surface area contributed by atoms with Crippen LogP contribution >= 0.6 is 11.3 Å². The number of aryl methyl sites for hydroxylation is 2. The minimum Gasteiger partial charge on any atom is -0.479 e. The molecule has 1 atom stereocenters. The molecule has 0 saturated heterocycles. The van der Waals surface area contributed by atoms with Crippen molar-refractivity contribution in [2.45, 2.75) is 72.8 Å². The summed E-state index contributed by atoms with van der Waals surface area (Å²) in [4.78, 5) is 19.0. The summed E-state index contributed by atoms with van der Waals surface area (Å²) < 4.78 is 5.92. The molecule has 2 aromatic heterocycles. The molecular weight excluding hydrogens is 394 g/mol. The van der Waals surface area contributed by atoms with Crippen LogP contribution in [0, 0.1) is 19.3 Å². The first-order valence-corrected chi connectivity index (χ1v) is 11.7. The lowest BCUT2D eigenvalue weighted by Crippen LogP contribution is -2.19. The van der Waals surface area contributed by atoms with Crippen molar-refractivity contribution in [1.29, 1.82) is 0 Å². The predicted octanol–water partition coefficient (Wildman–Crippen LogP) is 6.96. The van der Waals surface area contributed by atoms with Gasteiger partial charge in [-0.2, -0.15) is 0 Å². The van der Waals surface area contributed by atoms with Crippen molar-refractivity contribution in [2.75, 3.05) is 6.61 Å². The van der Waals surface area contributed by atoms with Crippen molar-refractivity contribution in [1.82, 2.24) is 4.98 Å². The molecule has 0 spiro atoms. The van der Waals surface area contributed by atoms with Crippen LogP contribution in [0.5, 0.6) is 0 Å². The first-order valence-electron chi connectivity index (χ1n) is 10.8. The number of pyridine rings is 1. The molecule has 0 fully saturated rings. The quantitative estimate of drug-likeness (QED) is 0.462. The largest absolute Gasteiger partial charge is 0.479 e. The number of rotatable bonds is 8. The molecule has 0 saturated carbocycles. The first-order chi connectivity index (χ1) is 14.2. The summed E-state index contributed by atoms with van der Waals surface area (Å²) in [5.74, 6) is -0.922. The number of hydrogen-bond donors (Lipinski definition) is 1. The topological polar surface area (TPSA) is 59.4 Å². The van der Waals surface area contributed by atoms with E-state index in [0.29, 0.717) is 6.61 Å². The zero-order chi connectivity index (χ0) is 21.9. The third-order valence-electron chi connectivity index (χ3n) is 5.92. The highest BCUT2D eigenvalue weighted by atomic mass is 32.1. The van der Waals surface area contributed by atoms with Gasteiger partial charge in [0.2, 0.25) is 0 Å². The maximum absolute atomic E-state index is 12.2. The molecular formula is C25H33NO3S. The third-order valence-corrected chi connectivity index (χ3v) is 7.05. The second-order valence-electron chi connectivity index (χ2n) is 8.99. The molecule has 30 heavy (non-hydrogen) atoms. The monoisotopic (exact) mass is 427 g/mol. The summed E-state index contributed by atoms with van der Waals surface area (Å²) in [7, 11) is 0. The van der Waals surface area contributed by atoms with E-state index in [9.17, 15) is 9.90 Å². The smallest absolute Gasteiger partial charge is 0.337 e. The highest BCUT2D eigenvalue weighted by molar-refractivity contribution is 7.16. The van der Waals surface area contributed by atoms with Crippen LogP contribution in [0.4, 0.5) is 0 Å². The van der Waals surface area contributed by atoms with Crippen LogP contribution in [-0.2, 0) is 9.53 Å². The predicted molar refractivity (Wildman–Crippen MR) is 124 cm³/mol. The van der Waals surface area contributed by atoms with Crippen molar-refractivity contribution in [2.24, 2.45) is 5.41 Å². The number of allylic oxidation sites excluding steroid dienone is 2. The van der Waals surface area contributed by atoms with Crippen molar-refractivity contribution in [3.63, 3.8) is 0 Å².